The molecule has 2 aromatic rings. The summed E-state index contributed by atoms with van der Waals surface area (Å²) in [5.41, 5.74) is 12.9. The molecule has 0 spiro atoms. The van der Waals surface area contributed by atoms with E-state index in [-0.39, 0.29) is 12.2 Å². The predicted molar refractivity (Wildman–Crippen MR) is 73.8 cm³/mol. The fourth-order valence-corrected chi connectivity index (χ4v) is 1.88. The summed E-state index contributed by atoms with van der Waals surface area (Å²) >= 11 is 0. The van der Waals surface area contributed by atoms with Crippen LogP contribution >= 0.6 is 0 Å². The van der Waals surface area contributed by atoms with E-state index in [1.54, 1.807) is 36.4 Å². The van der Waals surface area contributed by atoms with Crippen molar-refractivity contribution >= 4 is 17.4 Å². The van der Waals surface area contributed by atoms with Crippen LogP contribution in [0.3, 0.4) is 0 Å². The Morgan fingerprint density at radius 1 is 1.00 bits per heavy atom. The van der Waals surface area contributed by atoms with Crippen molar-refractivity contribution < 1.29 is 9.59 Å². The minimum Gasteiger partial charge on any atom is -0.399 e. The quantitative estimate of drug-likeness (QED) is 0.644. The van der Waals surface area contributed by atoms with Gasteiger partial charge in [0, 0.05) is 23.2 Å². The third kappa shape index (κ3) is 2.98. The van der Waals surface area contributed by atoms with Gasteiger partial charge in [0.05, 0.1) is 0 Å². The minimum atomic E-state index is -0.580. The summed E-state index contributed by atoms with van der Waals surface area (Å²) in [7, 11) is 0. The van der Waals surface area contributed by atoms with E-state index >= 15 is 0 Å². The number of rotatable bonds is 4. The summed E-state index contributed by atoms with van der Waals surface area (Å²) < 4.78 is 0. The molecular weight excluding hydrogens is 240 g/mol. The van der Waals surface area contributed by atoms with E-state index in [9.17, 15) is 9.59 Å². The average molecular weight is 254 g/mol. The first-order chi connectivity index (χ1) is 9.08. The van der Waals surface area contributed by atoms with Gasteiger partial charge in [-0.2, -0.15) is 0 Å². The number of primary amides is 1. The van der Waals surface area contributed by atoms with Gasteiger partial charge in [0.1, 0.15) is 0 Å². The predicted octanol–water partition coefficient (Wildman–Crippen LogP) is 1.79. The van der Waals surface area contributed by atoms with Gasteiger partial charge in [0.25, 0.3) is 0 Å². The number of hydrogen-bond acceptors (Lipinski definition) is 3. The molecule has 0 bridgehead atoms. The number of anilines is 1. The lowest BCUT2D eigenvalue weighted by Crippen LogP contribution is -2.16. The Hall–Kier alpha value is -2.62. The zero-order chi connectivity index (χ0) is 13.8. The Bertz CT molecular complexity index is 621. The minimum absolute atomic E-state index is 0.0622. The molecule has 0 atom stereocenters. The molecule has 1 amide bonds. The maximum absolute atomic E-state index is 12.1. The summed E-state index contributed by atoms with van der Waals surface area (Å²) in [5.74, 6) is -0.643. The van der Waals surface area contributed by atoms with E-state index in [0.717, 1.165) is 0 Å². The SMILES string of the molecule is NC(=O)c1cc(N)ccc1CC(=O)c1ccccc1. The fourth-order valence-electron chi connectivity index (χ4n) is 1.88. The Morgan fingerprint density at radius 3 is 2.32 bits per heavy atom. The monoisotopic (exact) mass is 254 g/mol. The molecule has 0 radical (unpaired) electrons. The molecule has 0 saturated carbocycles. The van der Waals surface area contributed by atoms with E-state index in [0.29, 0.717) is 22.4 Å². The van der Waals surface area contributed by atoms with Crippen molar-refractivity contribution in [3.05, 3.63) is 65.2 Å². The first kappa shape index (κ1) is 12.8. The number of benzene rings is 2. The van der Waals surface area contributed by atoms with Gasteiger partial charge in [0.2, 0.25) is 5.91 Å². The van der Waals surface area contributed by atoms with Crippen molar-refractivity contribution in [2.75, 3.05) is 5.73 Å². The van der Waals surface area contributed by atoms with Gasteiger partial charge in [-0.05, 0) is 17.7 Å². The molecule has 2 aromatic carbocycles. The van der Waals surface area contributed by atoms with Crippen molar-refractivity contribution in [3.8, 4) is 0 Å². The van der Waals surface area contributed by atoms with Crippen LogP contribution in [0, 0.1) is 0 Å². The molecule has 0 aromatic heterocycles. The summed E-state index contributed by atoms with van der Waals surface area (Å²) in [5, 5.41) is 0. The number of hydrogen-bond donors (Lipinski definition) is 2. The van der Waals surface area contributed by atoms with Crippen LogP contribution in [0.2, 0.25) is 0 Å². The number of carbonyl (C=O) groups excluding carboxylic acids is 2. The maximum Gasteiger partial charge on any atom is 0.249 e. The molecule has 0 unspecified atom stereocenters. The van der Waals surface area contributed by atoms with Crippen molar-refractivity contribution in [1.29, 1.82) is 0 Å². The second kappa shape index (κ2) is 5.35. The smallest absolute Gasteiger partial charge is 0.249 e. The highest BCUT2D eigenvalue weighted by Gasteiger charge is 2.13. The Labute approximate surface area is 111 Å². The number of nitrogen functional groups attached to an aromatic ring is 1. The third-order valence-electron chi connectivity index (χ3n) is 2.85. The second-order valence-electron chi connectivity index (χ2n) is 4.25. The van der Waals surface area contributed by atoms with Gasteiger partial charge >= 0.3 is 0 Å². The highest BCUT2D eigenvalue weighted by Crippen LogP contribution is 2.16. The zero-order valence-electron chi connectivity index (χ0n) is 10.3. The highest BCUT2D eigenvalue weighted by atomic mass is 16.1. The van der Waals surface area contributed by atoms with Crippen molar-refractivity contribution in [3.63, 3.8) is 0 Å². The Morgan fingerprint density at radius 2 is 1.68 bits per heavy atom. The van der Waals surface area contributed by atoms with Crippen LogP contribution in [-0.4, -0.2) is 11.7 Å². The molecule has 0 aliphatic carbocycles. The first-order valence-corrected chi connectivity index (χ1v) is 5.84. The van der Waals surface area contributed by atoms with Crippen LogP contribution in [0.4, 0.5) is 5.69 Å². The van der Waals surface area contributed by atoms with E-state index < -0.39 is 5.91 Å². The normalized spacial score (nSPS) is 10.1. The molecule has 4 heteroatoms. The van der Waals surface area contributed by atoms with Crippen LogP contribution in [0.25, 0.3) is 0 Å². The molecule has 19 heavy (non-hydrogen) atoms. The molecule has 4 N–H and O–H groups in total. The molecule has 4 nitrogen and oxygen atoms in total. The standard InChI is InChI=1S/C15H14N2O2/c16-12-7-6-11(13(9-12)15(17)19)8-14(18)10-4-2-1-3-5-10/h1-7,9H,8,16H2,(H2,17,19). The van der Waals surface area contributed by atoms with Crippen LogP contribution in [-0.2, 0) is 6.42 Å². The summed E-state index contributed by atoms with van der Waals surface area (Å²) in [6, 6.07) is 13.7. The summed E-state index contributed by atoms with van der Waals surface area (Å²) in [6.45, 7) is 0. The van der Waals surface area contributed by atoms with Crippen LogP contribution < -0.4 is 11.5 Å². The summed E-state index contributed by atoms with van der Waals surface area (Å²) in [6.07, 6.45) is 0.128. The Balaban J connectivity index is 2.29. The van der Waals surface area contributed by atoms with E-state index in [2.05, 4.69) is 0 Å². The van der Waals surface area contributed by atoms with Gasteiger partial charge in [-0.25, -0.2) is 0 Å². The molecule has 96 valence electrons. The number of nitrogens with two attached hydrogens (primary N) is 2. The van der Waals surface area contributed by atoms with Crippen LogP contribution in [0.15, 0.2) is 48.5 Å². The largest absolute Gasteiger partial charge is 0.399 e. The van der Waals surface area contributed by atoms with E-state index in [1.807, 2.05) is 6.07 Å². The van der Waals surface area contributed by atoms with Crippen molar-refractivity contribution in [1.82, 2.24) is 0 Å². The Kier molecular flexibility index (Phi) is 3.61. The van der Waals surface area contributed by atoms with Gasteiger partial charge in [-0.3, -0.25) is 9.59 Å². The molecule has 0 fully saturated rings. The second-order valence-corrected chi connectivity index (χ2v) is 4.25. The fraction of sp³-hybridized carbons (Fsp3) is 0.0667. The molecule has 0 saturated heterocycles. The summed E-state index contributed by atoms with van der Waals surface area (Å²) in [4.78, 5) is 23.4. The van der Waals surface area contributed by atoms with Crippen LogP contribution in [0.1, 0.15) is 26.3 Å². The van der Waals surface area contributed by atoms with Gasteiger partial charge in [0.15, 0.2) is 5.78 Å². The lowest BCUT2D eigenvalue weighted by Gasteiger charge is -2.07. The topological polar surface area (TPSA) is 86.2 Å². The van der Waals surface area contributed by atoms with Crippen molar-refractivity contribution in [2.45, 2.75) is 6.42 Å². The number of carbonyl (C=O) groups is 2. The first-order valence-electron chi connectivity index (χ1n) is 5.84. The molecule has 0 aliphatic heterocycles. The lowest BCUT2D eigenvalue weighted by atomic mass is 9.98. The molecule has 2 rings (SSSR count). The number of amides is 1. The third-order valence-corrected chi connectivity index (χ3v) is 2.85. The molecule has 0 heterocycles. The van der Waals surface area contributed by atoms with E-state index in [4.69, 9.17) is 11.5 Å². The van der Waals surface area contributed by atoms with Crippen LogP contribution in [0.5, 0.6) is 0 Å². The molecular formula is C15H14N2O2. The van der Waals surface area contributed by atoms with E-state index in [1.165, 1.54) is 6.07 Å². The average Bonchev–Trinajstić information content (AvgIpc) is 2.41. The number of Topliss-reactive ketones (excluding diaryl/α,β-unsaturated/α-hetero) is 1. The van der Waals surface area contributed by atoms with Gasteiger partial charge < -0.3 is 11.5 Å². The molecule has 0 aliphatic rings. The van der Waals surface area contributed by atoms with Gasteiger partial charge in [-0.15, -0.1) is 0 Å². The maximum atomic E-state index is 12.1. The lowest BCUT2D eigenvalue weighted by molar-refractivity contribution is 0.0991. The van der Waals surface area contributed by atoms with Crippen molar-refractivity contribution in [2.24, 2.45) is 5.73 Å². The van der Waals surface area contributed by atoms with Gasteiger partial charge in [-0.1, -0.05) is 36.4 Å². The zero-order valence-corrected chi connectivity index (χ0v) is 10.3. The highest BCUT2D eigenvalue weighted by molar-refractivity contribution is 6.01. The number of ketones is 1.